The van der Waals surface area contributed by atoms with E-state index in [0.29, 0.717) is 72.3 Å². The molecule has 0 aromatic rings. The Kier molecular flexibility index (Phi) is 38.0. The Bertz CT molecular complexity index is 965. The molecule has 0 aromatic carbocycles. The number of carbonyl (C=O) groups is 4. The van der Waals surface area contributed by atoms with Gasteiger partial charge in [0.15, 0.2) is 0 Å². The van der Waals surface area contributed by atoms with Gasteiger partial charge in [-0.3, -0.25) is 19.2 Å². The minimum Gasteiger partial charge on any atom is -0.463 e. The van der Waals surface area contributed by atoms with Gasteiger partial charge in [0.2, 0.25) is 0 Å². The first-order chi connectivity index (χ1) is 29.4. The second kappa shape index (κ2) is 40.8. The van der Waals surface area contributed by atoms with E-state index >= 15 is 0 Å². The van der Waals surface area contributed by atoms with Crippen molar-refractivity contribution in [1.82, 2.24) is 0 Å². The van der Waals surface area contributed by atoms with Crippen molar-refractivity contribution in [3.63, 3.8) is 0 Å². The Morgan fingerprint density at radius 2 is 0.767 bits per heavy atom. The highest BCUT2D eigenvalue weighted by Gasteiger charge is 2.45. The summed E-state index contributed by atoms with van der Waals surface area (Å²) in [4.78, 5) is 47.1. The summed E-state index contributed by atoms with van der Waals surface area (Å²) in [5.74, 6) is -2.34. The molecule has 2 aliphatic carbocycles. The average molecular weight is 861 g/mol. The number of unbranched alkanes of at least 4 members (excludes halogenated alkanes) is 9. The molecular formula is C46H84O14. The minimum absolute atomic E-state index is 0.0938. The number of esters is 4. The molecule has 0 amide bonds. The molecule has 1 heterocycles. The Morgan fingerprint density at radius 1 is 0.450 bits per heavy atom. The van der Waals surface area contributed by atoms with E-state index in [1.807, 2.05) is 0 Å². The maximum absolute atomic E-state index is 12.6. The Labute approximate surface area is 362 Å². The number of carbonyl (C=O) groups excluding carboxylic acids is 4. The summed E-state index contributed by atoms with van der Waals surface area (Å²) in [6, 6.07) is 0. The maximum atomic E-state index is 12.6. The standard InChI is InChI=1S/C28H52O8.C10H22O3.C8H10O3/c1-3-5-7-11-15-31-17-19-33-21-23-35-27(29)25-13-9-10-14-26(25)28(30)36-24-22-34-20-18-32-16-12-8-6-4-2;1-2-3-4-5-7-12-9-10-13-8-6-11;9-7-5-3-1-2-4-6(5)8(10)11-7/h25-26H,3-24H2,1-2H3;11H,2-10H2,1H3;5-6H,1-4H2. The molecule has 60 heavy (non-hydrogen) atoms. The third-order valence-electron chi connectivity index (χ3n) is 10.7. The quantitative estimate of drug-likeness (QED) is 0.0291. The van der Waals surface area contributed by atoms with E-state index < -0.39 is 11.8 Å². The molecule has 2 saturated carbocycles. The predicted octanol–water partition coefficient (Wildman–Crippen LogP) is 7.57. The van der Waals surface area contributed by atoms with Gasteiger partial charge in [0.25, 0.3) is 0 Å². The van der Waals surface area contributed by atoms with Gasteiger partial charge < -0.3 is 47.7 Å². The number of rotatable bonds is 34. The third-order valence-corrected chi connectivity index (χ3v) is 10.7. The minimum atomic E-state index is -0.445. The second-order valence-electron chi connectivity index (χ2n) is 15.6. The zero-order valence-corrected chi connectivity index (χ0v) is 37.8. The van der Waals surface area contributed by atoms with Crippen LogP contribution in [0.25, 0.3) is 0 Å². The summed E-state index contributed by atoms with van der Waals surface area (Å²) in [6.07, 6.45) is 21.4. The lowest BCUT2D eigenvalue weighted by atomic mass is 9.79. The van der Waals surface area contributed by atoms with Crippen LogP contribution in [-0.2, 0) is 61.8 Å². The lowest BCUT2D eigenvalue weighted by Gasteiger charge is -2.28. The summed E-state index contributed by atoms with van der Waals surface area (Å²) in [5.41, 5.74) is 0. The molecule has 14 nitrogen and oxygen atoms in total. The molecule has 0 bridgehead atoms. The summed E-state index contributed by atoms with van der Waals surface area (Å²) in [7, 11) is 0. The number of hydrogen-bond acceptors (Lipinski definition) is 14. The van der Waals surface area contributed by atoms with E-state index in [1.54, 1.807) is 0 Å². The van der Waals surface area contributed by atoms with Gasteiger partial charge in [-0.25, -0.2) is 0 Å². The molecule has 1 N–H and O–H groups in total. The lowest BCUT2D eigenvalue weighted by molar-refractivity contribution is -0.164. The van der Waals surface area contributed by atoms with Gasteiger partial charge in [0.1, 0.15) is 13.2 Å². The molecule has 3 rings (SSSR count). The highest BCUT2D eigenvalue weighted by atomic mass is 16.6. The molecule has 4 unspecified atom stereocenters. The van der Waals surface area contributed by atoms with Crippen molar-refractivity contribution in [1.29, 1.82) is 0 Å². The van der Waals surface area contributed by atoms with Crippen molar-refractivity contribution in [2.45, 2.75) is 149 Å². The fourth-order valence-electron chi connectivity index (χ4n) is 7.18. The van der Waals surface area contributed by atoms with Gasteiger partial charge in [-0.15, -0.1) is 0 Å². The van der Waals surface area contributed by atoms with Gasteiger partial charge in [-0.1, -0.05) is 104 Å². The highest BCUT2D eigenvalue weighted by molar-refractivity contribution is 5.96. The molecule has 0 spiro atoms. The van der Waals surface area contributed by atoms with E-state index in [0.717, 1.165) is 77.6 Å². The molecular weight excluding hydrogens is 776 g/mol. The lowest BCUT2D eigenvalue weighted by Crippen LogP contribution is -2.35. The van der Waals surface area contributed by atoms with Crippen molar-refractivity contribution in [3.05, 3.63) is 0 Å². The van der Waals surface area contributed by atoms with Crippen molar-refractivity contribution in [3.8, 4) is 0 Å². The highest BCUT2D eigenvalue weighted by Crippen LogP contribution is 2.36. The van der Waals surface area contributed by atoms with Crippen LogP contribution in [-0.4, -0.2) is 128 Å². The number of aliphatic hydroxyl groups is 1. The zero-order chi connectivity index (χ0) is 43.7. The van der Waals surface area contributed by atoms with Crippen LogP contribution in [0.2, 0.25) is 0 Å². The predicted molar refractivity (Wildman–Crippen MR) is 228 cm³/mol. The van der Waals surface area contributed by atoms with Crippen molar-refractivity contribution < 1.29 is 66.9 Å². The van der Waals surface area contributed by atoms with E-state index in [1.165, 1.54) is 57.8 Å². The average Bonchev–Trinajstić information content (AvgIpc) is 3.56. The first-order valence-electron chi connectivity index (χ1n) is 23.6. The third kappa shape index (κ3) is 29.2. The fraction of sp³-hybridized carbons (Fsp3) is 0.913. The molecule has 0 radical (unpaired) electrons. The van der Waals surface area contributed by atoms with Crippen LogP contribution < -0.4 is 0 Å². The monoisotopic (exact) mass is 861 g/mol. The largest absolute Gasteiger partial charge is 0.463 e. The summed E-state index contributed by atoms with van der Waals surface area (Å²) < 4.78 is 47.7. The van der Waals surface area contributed by atoms with Crippen LogP contribution >= 0.6 is 0 Å². The first kappa shape index (κ1) is 55.8. The zero-order valence-electron chi connectivity index (χ0n) is 37.8. The van der Waals surface area contributed by atoms with E-state index in [-0.39, 0.29) is 55.5 Å². The second-order valence-corrected chi connectivity index (χ2v) is 15.6. The normalized spacial score (nSPS) is 19.7. The van der Waals surface area contributed by atoms with Gasteiger partial charge >= 0.3 is 23.9 Å². The molecule has 1 aliphatic heterocycles. The fourth-order valence-corrected chi connectivity index (χ4v) is 7.18. The summed E-state index contributed by atoms with van der Waals surface area (Å²) in [5, 5.41) is 8.40. The number of aliphatic hydroxyl groups excluding tert-OH is 1. The molecule has 3 aliphatic rings. The number of cyclic esters (lactones) is 2. The van der Waals surface area contributed by atoms with Gasteiger partial charge in [0, 0.05) is 19.8 Å². The smallest absolute Gasteiger partial charge is 0.317 e. The van der Waals surface area contributed by atoms with E-state index in [2.05, 4.69) is 25.5 Å². The summed E-state index contributed by atoms with van der Waals surface area (Å²) >= 11 is 0. The molecule has 1 saturated heterocycles. The van der Waals surface area contributed by atoms with Crippen LogP contribution in [0.3, 0.4) is 0 Å². The van der Waals surface area contributed by atoms with Crippen LogP contribution in [0.15, 0.2) is 0 Å². The summed E-state index contributed by atoms with van der Waals surface area (Å²) in [6.45, 7) is 13.8. The molecule has 4 atom stereocenters. The maximum Gasteiger partial charge on any atom is 0.317 e. The van der Waals surface area contributed by atoms with Crippen LogP contribution in [0, 0.1) is 23.7 Å². The Hall–Kier alpha value is -2.20. The van der Waals surface area contributed by atoms with Crippen molar-refractivity contribution in [2.24, 2.45) is 23.7 Å². The van der Waals surface area contributed by atoms with Gasteiger partial charge in [-0.2, -0.15) is 0 Å². The molecule has 352 valence electrons. The SMILES string of the molecule is CCCCCCOCCOCCO.CCCCCCOCCOCCOC(=O)C1CCCCC1C(=O)OCCOCCOCCCCCC.O=C1OC(=O)C2CCCCC12. The first-order valence-corrected chi connectivity index (χ1v) is 23.6. The van der Waals surface area contributed by atoms with Crippen molar-refractivity contribution >= 4 is 23.9 Å². The molecule has 0 aromatic heterocycles. The van der Waals surface area contributed by atoms with Crippen molar-refractivity contribution in [2.75, 3.05) is 99.1 Å². The molecule has 3 fully saturated rings. The van der Waals surface area contributed by atoms with Gasteiger partial charge in [-0.05, 0) is 44.9 Å². The number of fused-ring (bicyclic) bond motifs is 1. The number of hydrogen-bond donors (Lipinski definition) is 1. The Balaban J connectivity index is 0.000000600. The molecule has 14 heteroatoms. The van der Waals surface area contributed by atoms with Crippen LogP contribution in [0.1, 0.15) is 149 Å². The van der Waals surface area contributed by atoms with E-state index in [4.69, 9.17) is 43.0 Å². The number of ether oxygens (including phenoxy) is 9. The van der Waals surface area contributed by atoms with E-state index in [9.17, 15) is 19.2 Å². The van der Waals surface area contributed by atoms with Gasteiger partial charge in [0.05, 0.1) is 89.7 Å². The van der Waals surface area contributed by atoms with Crippen LogP contribution in [0.5, 0.6) is 0 Å². The van der Waals surface area contributed by atoms with Crippen LogP contribution in [0.4, 0.5) is 0 Å². The topological polar surface area (TPSA) is 172 Å². The Morgan fingerprint density at radius 3 is 1.12 bits per heavy atom.